The zero-order chi connectivity index (χ0) is 17.6. The maximum absolute atomic E-state index is 14.1. The van der Waals surface area contributed by atoms with E-state index in [1.54, 1.807) is 29.2 Å². The number of anilines is 1. The normalized spacial score (nSPS) is 20.3. The SMILES string of the molecule is NC(=O)c1cnc2ccc(N3C[C@@H](F)C[C@@H]3c3cccc(F)c3)nn12. The maximum Gasteiger partial charge on any atom is 0.269 e. The Morgan fingerprint density at radius 3 is 2.88 bits per heavy atom. The fourth-order valence-electron chi connectivity index (χ4n) is 3.25. The molecule has 0 bridgehead atoms. The molecule has 8 heteroatoms. The molecule has 1 fully saturated rings. The summed E-state index contributed by atoms with van der Waals surface area (Å²) in [5.74, 6) is -0.542. The molecule has 3 heterocycles. The molecule has 0 saturated carbocycles. The van der Waals surface area contributed by atoms with Gasteiger partial charge in [-0.15, -0.1) is 5.10 Å². The van der Waals surface area contributed by atoms with Crippen LogP contribution < -0.4 is 10.6 Å². The first-order valence-corrected chi connectivity index (χ1v) is 7.83. The number of alkyl halides is 1. The summed E-state index contributed by atoms with van der Waals surface area (Å²) in [6.45, 7) is 0.139. The summed E-state index contributed by atoms with van der Waals surface area (Å²) in [5, 5.41) is 4.39. The van der Waals surface area contributed by atoms with E-state index in [9.17, 15) is 13.6 Å². The van der Waals surface area contributed by atoms with Crippen LogP contribution in [-0.4, -0.2) is 33.2 Å². The van der Waals surface area contributed by atoms with Gasteiger partial charge in [0.1, 0.15) is 23.5 Å². The van der Waals surface area contributed by atoms with Crippen molar-refractivity contribution < 1.29 is 13.6 Å². The Hall–Kier alpha value is -3.03. The van der Waals surface area contributed by atoms with Gasteiger partial charge in [0.25, 0.3) is 5.91 Å². The third-order valence-corrected chi connectivity index (χ3v) is 4.38. The highest BCUT2D eigenvalue weighted by Crippen LogP contribution is 2.36. The Labute approximate surface area is 141 Å². The smallest absolute Gasteiger partial charge is 0.269 e. The average molecular weight is 343 g/mol. The average Bonchev–Trinajstić information content (AvgIpc) is 3.17. The number of amides is 1. The van der Waals surface area contributed by atoms with Gasteiger partial charge in [0.15, 0.2) is 5.65 Å². The number of fused-ring (bicyclic) bond motifs is 1. The largest absolute Gasteiger partial charge is 0.364 e. The van der Waals surface area contributed by atoms with Crippen molar-refractivity contribution >= 4 is 17.4 Å². The lowest BCUT2D eigenvalue weighted by Crippen LogP contribution is -2.26. The zero-order valence-corrected chi connectivity index (χ0v) is 13.1. The van der Waals surface area contributed by atoms with E-state index in [1.807, 2.05) is 0 Å². The Bertz CT molecular complexity index is 957. The summed E-state index contributed by atoms with van der Waals surface area (Å²) in [5.41, 5.74) is 6.63. The third kappa shape index (κ3) is 2.69. The van der Waals surface area contributed by atoms with Crippen LogP contribution >= 0.6 is 0 Å². The van der Waals surface area contributed by atoms with Crippen LogP contribution in [0, 0.1) is 5.82 Å². The summed E-state index contributed by atoms with van der Waals surface area (Å²) >= 11 is 0. The Kier molecular flexibility index (Phi) is 3.60. The number of primary amides is 1. The number of benzene rings is 1. The van der Waals surface area contributed by atoms with Crippen LogP contribution in [0.15, 0.2) is 42.6 Å². The van der Waals surface area contributed by atoms with Gasteiger partial charge < -0.3 is 10.6 Å². The van der Waals surface area contributed by atoms with Crippen molar-refractivity contribution in [2.45, 2.75) is 18.6 Å². The van der Waals surface area contributed by atoms with Crippen molar-refractivity contribution in [3.05, 3.63) is 59.7 Å². The first-order valence-electron chi connectivity index (χ1n) is 7.83. The standard InChI is InChI=1S/C17H15F2N5O/c18-11-3-1-2-10(6-11)13-7-12(19)9-23(13)16-5-4-15-21-8-14(17(20)25)24(15)22-16/h1-6,8,12-13H,7,9H2,(H2,20,25)/t12-,13+/m0/s1. The number of nitrogens with zero attached hydrogens (tertiary/aromatic N) is 4. The summed E-state index contributed by atoms with van der Waals surface area (Å²) in [4.78, 5) is 17.3. The monoisotopic (exact) mass is 343 g/mol. The van der Waals surface area contributed by atoms with Gasteiger partial charge in [-0.05, 0) is 29.8 Å². The molecule has 1 aliphatic rings. The predicted molar refractivity (Wildman–Crippen MR) is 87.5 cm³/mol. The van der Waals surface area contributed by atoms with Crippen LogP contribution in [0.1, 0.15) is 28.5 Å². The number of hydrogen-bond donors (Lipinski definition) is 1. The molecule has 3 aromatic rings. The van der Waals surface area contributed by atoms with E-state index in [4.69, 9.17) is 5.73 Å². The second-order valence-electron chi connectivity index (χ2n) is 6.03. The Balaban J connectivity index is 1.77. The highest BCUT2D eigenvalue weighted by Gasteiger charge is 2.34. The number of halogens is 2. The molecule has 1 saturated heterocycles. The minimum absolute atomic E-state index is 0.139. The highest BCUT2D eigenvalue weighted by atomic mass is 19.1. The summed E-state index contributed by atoms with van der Waals surface area (Å²) in [6.07, 6.45) is 0.542. The molecule has 6 nitrogen and oxygen atoms in total. The molecule has 0 radical (unpaired) electrons. The fraction of sp³-hybridized carbons (Fsp3) is 0.235. The highest BCUT2D eigenvalue weighted by molar-refractivity contribution is 5.91. The van der Waals surface area contributed by atoms with Crippen molar-refractivity contribution in [3.63, 3.8) is 0 Å². The van der Waals surface area contributed by atoms with E-state index in [0.717, 1.165) is 0 Å². The van der Waals surface area contributed by atoms with Crippen LogP contribution in [0.4, 0.5) is 14.6 Å². The van der Waals surface area contributed by atoms with Crippen LogP contribution in [0.25, 0.3) is 5.65 Å². The fourth-order valence-corrected chi connectivity index (χ4v) is 3.25. The van der Waals surface area contributed by atoms with Gasteiger partial charge >= 0.3 is 0 Å². The van der Waals surface area contributed by atoms with E-state index >= 15 is 0 Å². The Morgan fingerprint density at radius 2 is 2.12 bits per heavy atom. The first kappa shape index (κ1) is 15.5. The van der Waals surface area contributed by atoms with Crippen molar-refractivity contribution in [3.8, 4) is 0 Å². The lowest BCUT2D eigenvalue weighted by atomic mass is 10.0. The third-order valence-electron chi connectivity index (χ3n) is 4.38. The summed E-state index contributed by atoms with van der Waals surface area (Å²) in [6, 6.07) is 9.18. The molecule has 1 amide bonds. The second-order valence-corrected chi connectivity index (χ2v) is 6.03. The molecule has 2 N–H and O–H groups in total. The van der Waals surface area contributed by atoms with Gasteiger partial charge in [-0.2, -0.15) is 0 Å². The van der Waals surface area contributed by atoms with Gasteiger partial charge in [-0.3, -0.25) is 4.79 Å². The lowest BCUT2D eigenvalue weighted by Gasteiger charge is -2.25. The molecule has 4 rings (SSSR count). The molecule has 0 aliphatic carbocycles. The predicted octanol–water partition coefficient (Wildman–Crippen LogP) is 2.26. The second kappa shape index (κ2) is 5.80. The molecule has 0 spiro atoms. The topological polar surface area (TPSA) is 76.5 Å². The van der Waals surface area contributed by atoms with Crippen molar-refractivity contribution in [2.24, 2.45) is 5.73 Å². The molecule has 2 atom stereocenters. The van der Waals surface area contributed by atoms with E-state index in [1.165, 1.54) is 22.8 Å². The molecule has 1 aromatic carbocycles. The van der Waals surface area contributed by atoms with E-state index in [-0.39, 0.29) is 30.5 Å². The summed E-state index contributed by atoms with van der Waals surface area (Å²) in [7, 11) is 0. The number of imidazole rings is 1. The molecular formula is C17H15F2N5O. The molecule has 128 valence electrons. The van der Waals surface area contributed by atoms with Crippen LogP contribution in [0.5, 0.6) is 0 Å². The van der Waals surface area contributed by atoms with E-state index in [2.05, 4.69) is 10.1 Å². The number of rotatable bonds is 3. The number of hydrogen-bond acceptors (Lipinski definition) is 4. The molecule has 25 heavy (non-hydrogen) atoms. The number of aromatic nitrogens is 3. The molecule has 2 aromatic heterocycles. The number of carbonyl (C=O) groups is 1. The quantitative estimate of drug-likeness (QED) is 0.791. The summed E-state index contributed by atoms with van der Waals surface area (Å²) < 4.78 is 29.0. The van der Waals surface area contributed by atoms with E-state index in [0.29, 0.717) is 17.0 Å². The minimum Gasteiger partial charge on any atom is -0.364 e. The van der Waals surface area contributed by atoms with Gasteiger partial charge in [0.05, 0.1) is 18.8 Å². The molecular weight excluding hydrogens is 328 g/mol. The first-order chi connectivity index (χ1) is 12.0. The molecule has 0 unspecified atom stereocenters. The van der Waals surface area contributed by atoms with Crippen LogP contribution in [0.2, 0.25) is 0 Å². The van der Waals surface area contributed by atoms with Gasteiger partial charge in [0.2, 0.25) is 0 Å². The lowest BCUT2D eigenvalue weighted by molar-refractivity contribution is 0.0993. The minimum atomic E-state index is -1.05. The van der Waals surface area contributed by atoms with Gasteiger partial charge in [-0.25, -0.2) is 18.3 Å². The Morgan fingerprint density at radius 1 is 1.28 bits per heavy atom. The van der Waals surface area contributed by atoms with Crippen molar-refractivity contribution in [1.82, 2.24) is 14.6 Å². The number of carbonyl (C=O) groups excluding carboxylic acids is 1. The van der Waals surface area contributed by atoms with E-state index < -0.39 is 12.1 Å². The maximum atomic E-state index is 14.1. The van der Waals surface area contributed by atoms with Gasteiger partial charge in [0, 0.05) is 6.42 Å². The number of nitrogens with two attached hydrogens (primary N) is 1. The molecule has 1 aliphatic heterocycles. The van der Waals surface area contributed by atoms with Crippen LogP contribution in [0.3, 0.4) is 0 Å². The van der Waals surface area contributed by atoms with Crippen molar-refractivity contribution in [1.29, 1.82) is 0 Å². The van der Waals surface area contributed by atoms with Crippen molar-refractivity contribution in [2.75, 3.05) is 11.4 Å². The zero-order valence-electron chi connectivity index (χ0n) is 13.1. The van der Waals surface area contributed by atoms with Gasteiger partial charge in [-0.1, -0.05) is 12.1 Å². The van der Waals surface area contributed by atoms with Crippen LogP contribution in [-0.2, 0) is 0 Å².